The van der Waals surface area contributed by atoms with Crippen molar-refractivity contribution < 1.29 is 19.4 Å². The molecule has 0 heterocycles. The summed E-state index contributed by atoms with van der Waals surface area (Å²) < 4.78 is 6.01. The van der Waals surface area contributed by atoms with Crippen LogP contribution in [-0.2, 0) is 14.3 Å². The van der Waals surface area contributed by atoms with Gasteiger partial charge >= 0.3 is 11.9 Å². The monoisotopic (exact) mass is 593 g/mol. The molecule has 4 nitrogen and oxygen atoms in total. The van der Waals surface area contributed by atoms with Crippen LogP contribution >= 0.6 is 0 Å². The zero-order valence-electron chi connectivity index (χ0n) is 28.3. The predicted molar refractivity (Wildman–Crippen MR) is 181 cm³/mol. The first kappa shape index (κ1) is 40.7. The highest BCUT2D eigenvalue weighted by molar-refractivity contribution is 5.69. The van der Waals surface area contributed by atoms with E-state index < -0.39 is 5.97 Å². The van der Waals surface area contributed by atoms with Crippen molar-refractivity contribution >= 4 is 11.9 Å². The third-order valence-electron chi connectivity index (χ3n) is 8.49. The summed E-state index contributed by atoms with van der Waals surface area (Å²) in [4.78, 5) is 23.2. The van der Waals surface area contributed by atoms with E-state index in [-0.39, 0.29) is 12.1 Å². The number of aliphatic carboxylic acids is 1. The molecule has 1 atom stereocenters. The van der Waals surface area contributed by atoms with Crippen molar-refractivity contribution in [1.82, 2.24) is 0 Å². The lowest BCUT2D eigenvalue weighted by atomic mass is 10.0. The van der Waals surface area contributed by atoms with E-state index in [1.54, 1.807) is 0 Å². The molecule has 0 spiro atoms. The Kier molecular flexibility index (Phi) is 33.1. The van der Waals surface area contributed by atoms with E-state index in [1.807, 2.05) is 0 Å². The number of unbranched alkanes of at least 4 members (excludes halogenated alkanes) is 23. The molecule has 0 aliphatic rings. The molecule has 0 aromatic rings. The van der Waals surface area contributed by atoms with Crippen LogP contribution in [0, 0.1) is 0 Å². The summed E-state index contributed by atoms with van der Waals surface area (Å²) >= 11 is 0. The molecule has 0 rings (SSSR count). The lowest BCUT2D eigenvalue weighted by molar-refractivity contribution is -0.150. The highest BCUT2D eigenvalue weighted by atomic mass is 16.5. The summed E-state index contributed by atoms with van der Waals surface area (Å²) in [5.41, 5.74) is 0. The molecule has 0 bridgehead atoms. The van der Waals surface area contributed by atoms with Gasteiger partial charge in [0.1, 0.15) is 6.10 Å². The number of carbonyl (C=O) groups is 2. The minimum atomic E-state index is -0.681. The molecule has 0 radical (unpaired) electrons. The standard InChI is InChI=1S/C38H72O4/c1-3-5-7-9-11-13-14-15-16-17-23-27-31-35-38(41)42-36(32-28-24-20-12-10-8-6-4-2)33-29-25-21-18-19-22-26-30-34-37(39)40/h13-14,36H,3-12,15-35H2,1-2H3,(H,39,40)/b14-13-. The maximum atomic E-state index is 12.6. The molecule has 4 heteroatoms. The molecule has 0 saturated carbocycles. The van der Waals surface area contributed by atoms with E-state index in [9.17, 15) is 9.59 Å². The number of carboxylic acid groups (broad SMARTS) is 1. The number of allylic oxidation sites excluding steroid dienone is 2. The van der Waals surface area contributed by atoms with Gasteiger partial charge in [-0.1, -0.05) is 148 Å². The van der Waals surface area contributed by atoms with Gasteiger partial charge in [0.05, 0.1) is 0 Å². The van der Waals surface area contributed by atoms with Crippen molar-refractivity contribution in [1.29, 1.82) is 0 Å². The molecule has 0 saturated heterocycles. The summed E-state index contributed by atoms with van der Waals surface area (Å²) in [6.07, 6.45) is 40.8. The van der Waals surface area contributed by atoms with Crippen molar-refractivity contribution in [3.05, 3.63) is 12.2 Å². The zero-order chi connectivity index (χ0) is 30.8. The van der Waals surface area contributed by atoms with Gasteiger partial charge in [-0.25, -0.2) is 0 Å². The average molecular weight is 593 g/mol. The zero-order valence-corrected chi connectivity index (χ0v) is 28.3. The fourth-order valence-corrected chi connectivity index (χ4v) is 5.71. The van der Waals surface area contributed by atoms with E-state index >= 15 is 0 Å². The van der Waals surface area contributed by atoms with Crippen molar-refractivity contribution in [3.8, 4) is 0 Å². The number of rotatable bonds is 34. The van der Waals surface area contributed by atoms with Crippen LogP contribution in [0.2, 0.25) is 0 Å². The number of carbonyl (C=O) groups excluding carboxylic acids is 1. The summed E-state index contributed by atoms with van der Waals surface area (Å²) in [6.45, 7) is 4.53. The van der Waals surface area contributed by atoms with Gasteiger partial charge in [0.25, 0.3) is 0 Å². The van der Waals surface area contributed by atoms with E-state index in [1.165, 1.54) is 135 Å². The van der Waals surface area contributed by atoms with Crippen molar-refractivity contribution in [2.75, 3.05) is 0 Å². The van der Waals surface area contributed by atoms with Gasteiger partial charge in [-0.05, 0) is 64.2 Å². The van der Waals surface area contributed by atoms with Crippen LogP contribution in [0.15, 0.2) is 12.2 Å². The summed E-state index contributed by atoms with van der Waals surface area (Å²) in [6, 6.07) is 0. The Morgan fingerprint density at radius 2 is 0.857 bits per heavy atom. The SMILES string of the molecule is CCCCCC/C=C\CCCCCCCC(=O)OC(CCCCCCCCCC)CCCCCCCCCCC(=O)O. The molecule has 42 heavy (non-hydrogen) atoms. The second-order valence-corrected chi connectivity index (χ2v) is 12.8. The van der Waals surface area contributed by atoms with Crippen molar-refractivity contribution in [2.24, 2.45) is 0 Å². The Morgan fingerprint density at radius 1 is 0.500 bits per heavy atom. The number of esters is 1. The first-order chi connectivity index (χ1) is 20.6. The molecule has 1 N–H and O–H groups in total. The van der Waals surface area contributed by atoms with Gasteiger partial charge in [0.15, 0.2) is 0 Å². The van der Waals surface area contributed by atoms with E-state index in [4.69, 9.17) is 9.84 Å². The third-order valence-corrected chi connectivity index (χ3v) is 8.49. The maximum absolute atomic E-state index is 12.6. The average Bonchev–Trinajstić information content (AvgIpc) is 2.97. The molecule has 0 aromatic carbocycles. The van der Waals surface area contributed by atoms with Crippen LogP contribution in [0.5, 0.6) is 0 Å². The van der Waals surface area contributed by atoms with Crippen LogP contribution in [0.1, 0.15) is 213 Å². The van der Waals surface area contributed by atoms with Gasteiger partial charge < -0.3 is 9.84 Å². The maximum Gasteiger partial charge on any atom is 0.306 e. The summed E-state index contributed by atoms with van der Waals surface area (Å²) in [5.74, 6) is -0.661. The smallest absolute Gasteiger partial charge is 0.306 e. The molecular weight excluding hydrogens is 520 g/mol. The quantitative estimate of drug-likeness (QED) is 0.0458. The summed E-state index contributed by atoms with van der Waals surface area (Å²) in [5, 5.41) is 8.73. The molecular formula is C38H72O4. The van der Waals surface area contributed by atoms with Crippen molar-refractivity contribution in [3.63, 3.8) is 0 Å². The minimum Gasteiger partial charge on any atom is -0.481 e. The van der Waals surface area contributed by atoms with Gasteiger partial charge in [-0.3, -0.25) is 9.59 Å². The lowest BCUT2D eigenvalue weighted by Gasteiger charge is -2.18. The number of carboxylic acids is 1. The van der Waals surface area contributed by atoms with Crippen LogP contribution in [0.3, 0.4) is 0 Å². The fourth-order valence-electron chi connectivity index (χ4n) is 5.71. The Morgan fingerprint density at radius 3 is 1.31 bits per heavy atom. The Bertz CT molecular complexity index is 600. The first-order valence-corrected chi connectivity index (χ1v) is 18.7. The molecule has 0 aliphatic carbocycles. The molecule has 0 aliphatic heterocycles. The second-order valence-electron chi connectivity index (χ2n) is 12.8. The van der Waals surface area contributed by atoms with Crippen LogP contribution in [-0.4, -0.2) is 23.1 Å². The summed E-state index contributed by atoms with van der Waals surface area (Å²) in [7, 11) is 0. The van der Waals surface area contributed by atoms with E-state index in [0.717, 1.165) is 51.4 Å². The molecule has 0 fully saturated rings. The van der Waals surface area contributed by atoms with Crippen LogP contribution in [0.4, 0.5) is 0 Å². The molecule has 0 amide bonds. The van der Waals surface area contributed by atoms with Gasteiger partial charge in [0, 0.05) is 12.8 Å². The first-order valence-electron chi connectivity index (χ1n) is 18.7. The molecule has 248 valence electrons. The fraction of sp³-hybridized carbons (Fsp3) is 0.895. The minimum absolute atomic E-state index is 0.0203. The highest BCUT2D eigenvalue weighted by Gasteiger charge is 2.14. The number of ether oxygens (including phenoxy) is 1. The molecule has 0 aromatic heterocycles. The lowest BCUT2D eigenvalue weighted by Crippen LogP contribution is -2.18. The normalized spacial score (nSPS) is 12.2. The second kappa shape index (κ2) is 34.2. The van der Waals surface area contributed by atoms with Gasteiger partial charge in [0.2, 0.25) is 0 Å². The Hall–Kier alpha value is -1.32. The van der Waals surface area contributed by atoms with Crippen molar-refractivity contribution in [2.45, 2.75) is 219 Å². The van der Waals surface area contributed by atoms with Gasteiger partial charge in [-0.2, -0.15) is 0 Å². The third kappa shape index (κ3) is 33.2. The Balaban J connectivity index is 4.04. The topological polar surface area (TPSA) is 63.6 Å². The van der Waals surface area contributed by atoms with Crippen LogP contribution in [0.25, 0.3) is 0 Å². The van der Waals surface area contributed by atoms with E-state index in [0.29, 0.717) is 12.8 Å². The van der Waals surface area contributed by atoms with Gasteiger partial charge in [-0.15, -0.1) is 0 Å². The van der Waals surface area contributed by atoms with Crippen LogP contribution < -0.4 is 0 Å². The van der Waals surface area contributed by atoms with E-state index in [2.05, 4.69) is 26.0 Å². The Labute approximate surface area is 262 Å². The highest BCUT2D eigenvalue weighted by Crippen LogP contribution is 2.19. The predicted octanol–water partition coefficient (Wildman–Crippen LogP) is 12.7. The molecule has 1 unspecified atom stereocenters. The largest absolute Gasteiger partial charge is 0.481 e. The number of hydrogen-bond acceptors (Lipinski definition) is 3. The number of hydrogen-bond donors (Lipinski definition) is 1.